The average molecular weight is 235 g/mol. The van der Waals surface area contributed by atoms with E-state index in [0.717, 1.165) is 18.1 Å². The Hall–Kier alpha value is -1.13. The van der Waals surface area contributed by atoms with E-state index in [4.69, 9.17) is 0 Å². The predicted molar refractivity (Wildman–Crippen MR) is 67.5 cm³/mol. The molecule has 2 heterocycles. The van der Waals surface area contributed by atoms with Gasteiger partial charge in [-0.05, 0) is 25.5 Å². The van der Waals surface area contributed by atoms with Crippen molar-refractivity contribution in [3.8, 4) is 0 Å². The molecule has 0 aliphatic rings. The van der Waals surface area contributed by atoms with Gasteiger partial charge in [-0.25, -0.2) is 4.98 Å². The lowest BCUT2D eigenvalue weighted by atomic mass is 10.2. The van der Waals surface area contributed by atoms with Crippen LogP contribution in [-0.2, 0) is 20.1 Å². The summed E-state index contributed by atoms with van der Waals surface area (Å²) in [7, 11) is 2.11. The van der Waals surface area contributed by atoms with Crippen LogP contribution in [0.4, 0.5) is 0 Å². The summed E-state index contributed by atoms with van der Waals surface area (Å²) < 4.78 is 2.22. The molecule has 0 unspecified atom stereocenters. The summed E-state index contributed by atoms with van der Waals surface area (Å²) in [6.07, 6.45) is 1.85. The number of aromatic nitrogens is 2. The highest BCUT2D eigenvalue weighted by atomic mass is 32.1. The molecular weight excluding hydrogens is 218 g/mol. The second kappa shape index (κ2) is 4.80. The molecule has 0 atom stereocenters. The molecule has 86 valence electrons. The van der Waals surface area contributed by atoms with Crippen LogP contribution in [0.15, 0.2) is 17.6 Å². The van der Waals surface area contributed by atoms with Crippen LogP contribution < -0.4 is 5.32 Å². The second-order valence-electron chi connectivity index (χ2n) is 3.98. The number of hydrogen-bond donors (Lipinski definition) is 1. The molecule has 0 bridgehead atoms. The SMILES string of the molecule is Cc1cc(CNCc2nccs2)c(C)n1C. The van der Waals surface area contributed by atoms with Gasteiger partial charge in [0.2, 0.25) is 0 Å². The van der Waals surface area contributed by atoms with Gasteiger partial charge >= 0.3 is 0 Å². The van der Waals surface area contributed by atoms with Gasteiger partial charge in [-0.1, -0.05) is 0 Å². The number of thiazole rings is 1. The van der Waals surface area contributed by atoms with Crippen molar-refractivity contribution >= 4 is 11.3 Å². The Labute approximate surface area is 100 Å². The fourth-order valence-electron chi connectivity index (χ4n) is 1.76. The molecule has 0 aliphatic carbocycles. The molecule has 0 fully saturated rings. The Kier molecular flexibility index (Phi) is 3.41. The van der Waals surface area contributed by atoms with Gasteiger partial charge in [0.15, 0.2) is 0 Å². The molecule has 0 aliphatic heterocycles. The van der Waals surface area contributed by atoms with Gasteiger partial charge in [0.1, 0.15) is 5.01 Å². The monoisotopic (exact) mass is 235 g/mol. The zero-order valence-corrected chi connectivity index (χ0v) is 10.8. The highest BCUT2D eigenvalue weighted by Crippen LogP contribution is 2.13. The summed E-state index contributed by atoms with van der Waals surface area (Å²) in [4.78, 5) is 4.24. The van der Waals surface area contributed by atoms with Crippen molar-refractivity contribution in [2.75, 3.05) is 0 Å². The minimum absolute atomic E-state index is 0.852. The Morgan fingerprint density at radius 1 is 1.38 bits per heavy atom. The van der Waals surface area contributed by atoms with E-state index in [-0.39, 0.29) is 0 Å². The van der Waals surface area contributed by atoms with E-state index in [0.29, 0.717) is 0 Å². The molecule has 2 aromatic rings. The summed E-state index contributed by atoms with van der Waals surface area (Å²) in [6.45, 7) is 6.06. The van der Waals surface area contributed by atoms with Crippen molar-refractivity contribution in [3.63, 3.8) is 0 Å². The van der Waals surface area contributed by atoms with Gasteiger partial charge in [0, 0.05) is 43.1 Å². The fourth-order valence-corrected chi connectivity index (χ4v) is 2.34. The summed E-state index contributed by atoms with van der Waals surface area (Å²) in [5.74, 6) is 0. The number of hydrogen-bond acceptors (Lipinski definition) is 3. The molecule has 16 heavy (non-hydrogen) atoms. The van der Waals surface area contributed by atoms with E-state index in [1.807, 2.05) is 11.6 Å². The molecule has 0 saturated heterocycles. The van der Waals surface area contributed by atoms with Gasteiger partial charge < -0.3 is 9.88 Å². The lowest BCUT2D eigenvalue weighted by Crippen LogP contribution is -2.12. The first kappa shape index (κ1) is 11.4. The van der Waals surface area contributed by atoms with Crippen molar-refractivity contribution in [1.82, 2.24) is 14.9 Å². The second-order valence-corrected chi connectivity index (χ2v) is 4.96. The Morgan fingerprint density at radius 2 is 2.19 bits per heavy atom. The molecule has 0 saturated carbocycles. The van der Waals surface area contributed by atoms with Crippen LogP contribution in [0.1, 0.15) is 22.0 Å². The maximum absolute atomic E-state index is 4.24. The van der Waals surface area contributed by atoms with Gasteiger partial charge in [-0.15, -0.1) is 11.3 Å². The first-order chi connectivity index (χ1) is 7.68. The third kappa shape index (κ3) is 2.33. The Morgan fingerprint density at radius 3 is 2.75 bits per heavy atom. The lowest BCUT2D eigenvalue weighted by Gasteiger charge is -2.03. The summed E-state index contributed by atoms with van der Waals surface area (Å²) >= 11 is 1.69. The van der Waals surface area contributed by atoms with Gasteiger partial charge in [0.05, 0.1) is 0 Å². The minimum atomic E-state index is 0.852. The minimum Gasteiger partial charge on any atom is -0.352 e. The first-order valence-electron chi connectivity index (χ1n) is 5.39. The molecule has 2 rings (SSSR count). The fraction of sp³-hybridized carbons (Fsp3) is 0.417. The standard InChI is InChI=1S/C12H17N3S/c1-9-6-11(10(2)15(9)3)7-13-8-12-14-4-5-16-12/h4-6,13H,7-8H2,1-3H3. The topological polar surface area (TPSA) is 29.9 Å². The highest BCUT2D eigenvalue weighted by Gasteiger charge is 2.05. The van der Waals surface area contributed by atoms with Crippen molar-refractivity contribution in [1.29, 1.82) is 0 Å². The Balaban J connectivity index is 1.92. The smallest absolute Gasteiger partial charge is 0.106 e. The van der Waals surface area contributed by atoms with E-state index in [2.05, 4.69) is 41.8 Å². The van der Waals surface area contributed by atoms with Crippen LogP contribution in [0.3, 0.4) is 0 Å². The van der Waals surface area contributed by atoms with E-state index in [9.17, 15) is 0 Å². The highest BCUT2D eigenvalue weighted by molar-refractivity contribution is 7.09. The summed E-state index contributed by atoms with van der Waals surface area (Å²) in [6, 6.07) is 2.24. The third-order valence-corrected chi connectivity index (χ3v) is 3.73. The van der Waals surface area contributed by atoms with E-state index in [1.165, 1.54) is 17.0 Å². The third-order valence-electron chi connectivity index (χ3n) is 2.96. The van der Waals surface area contributed by atoms with Crippen LogP contribution in [0.2, 0.25) is 0 Å². The molecule has 3 nitrogen and oxygen atoms in total. The average Bonchev–Trinajstić information content (AvgIpc) is 2.85. The van der Waals surface area contributed by atoms with E-state index >= 15 is 0 Å². The van der Waals surface area contributed by atoms with Gasteiger partial charge in [-0.3, -0.25) is 0 Å². The first-order valence-corrected chi connectivity index (χ1v) is 6.27. The molecular formula is C12H17N3S. The summed E-state index contributed by atoms with van der Waals surface area (Å²) in [5, 5.41) is 6.57. The van der Waals surface area contributed by atoms with Crippen LogP contribution in [0, 0.1) is 13.8 Å². The van der Waals surface area contributed by atoms with Crippen LogP contribution in [0.5, 0.6) is 0 Å². The van der Waals surface area contributed by atoms with Crippen molar-refractivity contribution in [3.05, 3.63) is 39.6 Å². The quantitative estimate of drug-likeness (QED) is 0.882. The van der Waals surface area contributed by atoms with Crippen molar-refractivity contribution in [2.24, 2.45) is 7.05 Å². The van der Waals surface area contributed by atoms with Gasteiger partial charge in [-0.2, -0.15) is 0 Å². The van der Waals surface area contributed by atoms with E-state index < -0.39 is 0 Å². The van der Waals surface area contributed by atoms with Crippen LogP contribution in [0.25, 0.3) is 0 Å². The van der Waals surface area contributed by atoms with Gasteiger partial charge in [0.25, 0.3) is 0 Å². The zero-order chi connectivity index (χ0) is 11.5. The molecule has 0 spiro atoms. The van der Waals surface area contributed by atoms with Crippen molar-refractivity contribution < 1.29 is 0 Å². The molecule has 0 amide bonds. The van der Waals surface area contributed by atoms with E-state index in [1.54, 1.807) is 11.3 Å². The molecule has 4 heteroatoms. The number of aryl methyl sites for hydroxylation is 1. The Bertz CT molecular complexity index is 457. The maximum Gasteiger partial charge on any atom is 0.106 e. The molecule has 1 N–H and O–H groups in total. The predicted octanol–water partition coefficient (Wildman–Crippen LogP) is 2.39. The molecule has 2 aromatic heterocycles. The number of rotatable bonds is 4. The van der Waals surface area contributed by atoms with Crippen LogP contribution >= 0.6 is 11.3 Å². The zero-order valence-electron chi connectivity index (χ0n) is 9.95. The number of nitrogens with zero attached hydrogens (tertiary/aromatic N) is 2. The largest absolute Gasteiger partial charge is 0.352 e. The lowest BCUT2D eigenvalue weighted by molar-refractivity contribution is 0.684. The summed E-state index contributed by atoms with van der Waals surface area (Å²) in [5.41, 5.74) is 4.02. The molecule has 0 aromatic carbocycles. The maximum atomic E-state index is 4.24. The van der Waals surface area contributed by atoms with Crippen molar-refractivity contribution in [2.45, 2.75) is 26.9 Å². The van der Waals surface area contributed by atoms with Crippen LogP contribution in [-0.4, -0.2) is 9.55 Å². The molecule has 0 radical (unpaired) electrons. The number of nitrogens with one attached hydrogen (secondary N) is 1. The normalized spacial score (nSPS) is 10.9.